The molecule has 4 bridgehead atoms. The molecule has 3 aromatic rings. The van der Waals surface area contributed by atoms with Gasteiger partial charge in [0.25, 0.3) is 15.9 Å². The Morgan fingerprint density at radius 3 is 2.41 bits per heavy atom. The summed E-state index contributed by atoms with van der Waals surface area (Å²) in [7, 11) is -4.14. The van der Waals surface area contributed by atoms with E-state index in [4.69, 9.17) is 10.5 Å². The molecular weight excluding hydrogens is 578 g/mol. The quantitative estimate of drug-likeness (QED) is 0.416. The fourth-order valence-electron chi connectivity index (χ4n) is 7.29. The number of benzene rings is 2. The molecule has 0 unspecified atom stereocenters. The fourth-order valence-corrected chi connectivity index (χ4v) is 8.28. The van der Waals surface area contributed by atoms with Crippen LogP contribution in [0.4, 0.5) is 5.95 Å². The molecule has 2 aromatic carbocycles. The Bertz CT molecular complexity index is 1710. The molecule has 2 saturated carbocycles. The lowest BCUT2D eigenvalue weighted by Gasteiger charge is -2.60. The van der Waals surface area contributed by atoms with Gasteiger partial charge in [0.15, 0.2) is 0 Å². The van der Waals surface area contributed by atoms with Crippen molar-refractivity contribution in [3.63, 3.8) is 0 Å². The molecule has 6 rings (SSSR count). The first-order valence-corrected chi connectivity index (χ1v) is 16.7. The van der Waals surface area contributed by atoms with Crippen molar-refractivity contribution in [3.05, 3.63) is 65.2 Å². The van der Waals surface area contributed by atoms with Crippen molar-refractivity contribution in [2.75, 3.05) is 11.3 Å². The van der Waals surface area contributed by atoms with Crippen LogP contribution in [0.1, 0.15) is 67.4 Å². The molecule has 2 amide bonds. The second-order valence-electron chi connectivity index (χ2n) is 13.2. The molecule has 0 radical (unpaired) electrons. The zero-order chi connectivity index (χ0) is 31.4. The van der Waals surface area contributed by atoms with Gasteiger partial charge in [-0.2, -0.15) is 4.98 Å². The molecule has 2 fully saturated rings. The third kappa shape index (κ3) is 5.65. The van der Waals surface area contributed by atoms with Crippen LogP contribution in [0.3, 0.4) is 0 Å². The number of aromatic nitrogens is 2. The molecule has 11 heteroatoms. The van der Waals surface area contributed by atoms with E-state index in [1.165, 1.54) is 12.1 Å². The molecule has 1 aromatic heterocycles. The number of nitrogens with one attached hydrogen (secondary N) is 1. The van der Waals surface area contributed by atoms with Gasteiger partial charge in [-0.15, -0.1) is 0 Å². The van der Waals surface area contributed by atoms with Gasteiger partial charge in [-0.1, -0.05) is 38.1 Å². The fraction of sp³-hybridized carbons (Fsp3) is 0.455. The lowest BCUT2D eigenvalue weighted by atomic mass is 9.49. The molecule has 1 spiro atoms. The third-order valence-electron chi connectivity index (χ3n) is 9.34. The minimum absolute atomic E-state index is 0.0199. The Kier molecular flexibility index (Phi) is 7.63. The van der Waals surface area contributed by atoms with Gasteiger partial charge in [0, 0.05) is 29.2 Å². The van der Waals surface area contributed by atoms with E-state index in [1.54, 1.807) is 18.2 Å². The van der Waals surface area contributed by atoms with Gasteiger partial charge >= 0.3 is 0 Å². The average molecular weight is 618 g/mol. The smallest absolute Gasteiger partial charge is 0.264 e. The van der Waals surface area contributed by atoms with Gasteiger partial charge in [-0.3, -0.25) is 9.59 Å². The van der Waals surface area contributed by atoms with Gasteiger partial charge in [0.05, 0.1) is 16.6 Å². The van der Waals surface area contributed by atoms with Crippen LogP contribution in [0.2, 0.25) is 0 Å². The number of carbonyl (C=O) groups excluding carboxylic acids is 2. The molecule has 0 saturated heterocycles. The monoisotopic (exact) mass is 617 g/mol. The van der Waals surface area contributed by atoms with Crippen LogP contribution in [0, 0.1) is 31.1 Å². The molecule has 2 aliphatic carbocycles. The molecular formula is C33H39N5O5S. The zero-order valence-corrected chi connectivity index (χ0v) is 26.4. The Balaban J connectivity index is 1.43. The van der Waals surface area contributed by atoms with Crippen molar-refractivity contribution in [3.8, 4) is 17.1 Å². The third-order valence-corrected chi connectivity index (χ3v) is 10.7. The molecule has 2 heterocycles. The molecule has 1 atom stereocenters. The van der Waals surface area contributed by atoms with E-state index in [-0.39, 0.29) is 70.0 Å². The predicted octanol–water partition coefficient (Wildman–Crippen LogP) is 4.85. The Labute approximate surface area is 258 Å². The number of aryl methyl sites for hydroxylation is 2. The Morgan fingerprint density at radius 2 is 1.75 bits per heavy atom. The van der Waals surface area contributed by atoms with Crippen LogP contribution < -0.4 is 15.2 Å². The number of ether oxygens (including phenoxy) is 1. The van der Waals surface area contributed by atoms with Crippen LogP contribution in [-0.4, -0.2) is 53.8 Å². The van der Waals surface area contributed by atoms with E-state index >= 15 is 0 Å². The first kappa shape index (κ1) is 30.1. The Morgan fingerprint density at radius 1 is 1.07 bits per heavy atom. The van der Waals surface area contributed by atoms with Crippen LogP contribution in [0.15, 0.2) is 53.4 Å². The van der Waals surface area contributed by atoms with Crippen LogP contribution >= 0.6 is 0 Å². The van der Waals surface area contributed by atoms with Crippen LogP contribution in [-0.2, 0) is 14.8 Å². The van der Waals surface area contributed by atoms with Gasteiger partial charge in [-0.05, 0) is 86.6 Å². The molecule has 1 aliphatic heterocycles. The normalized spacial score (nSPS) is 25.9. The number of rotatable bonds is 5. The average Bonchev–Trinajstić information content (AvgIpc) is 2.90. The molecule has 232 valence electrons. The summed E-state index contributed by atoms with van der Waals surface area (Å²) in [5, 5.41) is 0. The summed E-state index contributed by atoms with van der Waals surface area (Å²) in [6, 6.07) is 13.4. The topological polar surface area (TPSA) is 145 Å². The maximum absolute atomic E-state index is 14.3. The second-order valence-corrected chi connectivity index (χ2v) is 14.9. The first-order chi connectivity index (χ1) is 20.8. The minimum Gasteiger partial charge on any atom is -0.475 e. The number of amides is 2. The molecule has 3 aliphatic rings. The number of primary amides is 1. The van der Waals surface area contributed by atoms with Crippen molar-refractivity contribution < 1.29 is 22.7 Å². The van der Waals surface area contributed by atoms with Gasteiger partial charge < -0.3 is 15.4 Å². The molecule has 44 heavy (non-hydrogen) atoms. The number of sulfonamides is 1. The summed E-state index contributed by atoms with van der Waals surface area (Å²) >= 11 is 0. The zero-order valence-electron chi connectivity index (χ0n) is 25.5. The number of hydrogen-bond acceptors (Lipinski definition) is 7. The highest BCUT2D eigenvalue weighted by molar-refractivity contribution is 7.92. The van der Waals surface area contributed by atoms with Crippen LogP contribution in [0.5, 0.6) is 5.88 Å². The van der Waals surface area contributed by atoms with E-state index in [1.807, 2.05) is 36.9 Å². The summed E-state index contributed by atoms with van der Waals surface area (Å²) in [5.74, 6) is -0.246. The van der Waals surface area contributed by atoms with E-state index < -0.39 is 10.0 Å². The van der Waals surface area contributed by atoms with Crippen molar-refractivity contribution >= 4 is 27.8 Å². The minimum atomic E-state index is -4.14. The van der Waals surface area contributed by atoms with Gasteiger partial charge in [-0.25, -0.2) is 18.1 Å². The maximum Gasteiger partial charge on any atom is 0.264 e. The highest BCUT2D eigenvalue weighted by Gasteiger charge is 2.57. The summed E-state index contributed by atoms with van der Waals surface area (Å²) in [6.07, 6.45) is 3.71. The number of carbonyl (C=O) groups is 2. The lowest BCUT2D eigenvalue weighted by Crippen LogP contribution is -2.62. The summed E-state index contributed by atoms with van der Waals surface area (Å²) < 4.78 is 36.0. The van der Waals surface area contributed by atoms with Crippen LogP contribution in [0.25, 0.3) is 11.3 Å². The predicted molar refractivity (Wildman–Crippen MR) is 166 cm³/mol. The van der Waals surface area contributed by atoms with Gasteiger partial charge in [0.2, 0.25) is 17.7 Å². The van der Waals surface area contributed by atoms with E-state index in [9.17, 15) is 18.0 Å². The highest BCUT2D eigenvalue weighted by Crippen LogP contribution is 2.60. The maximum atomic E-state index is 14.3. The summed E-state index contributed by atoms with van der Waals surface area (Å²) in [4.78, 5) is 36.9. The second kappa shape index (κ2) is 11.2. The number of nitrogens with zero attached hydrogens (tertiary/aromatic N) is 3. The van der Waals surface area contributed by atoms with E-state index in [2.05, 4.69) is 28.5 Å². The lowest BCUT2D eigenvalue weighted by molar-refractivity contribution is -0.140. The largest absolute Gasteiger partial charge is 0.475 e. The standard InChI is InChI=1S/C33H39N5O5S/c1-19(2)11-24-18-43-28-13-27(29-20(3)7-5-8-21(29)4)35-32(36-28)37-44(41,42)26-10-6-9-22(12-26)31(40)38(24)25-16-33(17-25)14-23(15-33)30(34)39/h5-10,12-13,19,23-25H,11,14-18H2,1-4H3,(H2,34,39)(H,35,36,37)/t23-,24-,25-,33?/m1/s1. The van der Waals surface area contributed by atoms with Crippen molar-refractivity contribution in [2.45, 2.75) is 76.8 Å². The number of nitrogens with two attached hydrogens (primary N) is 1. The van der Waals surface area contributed by atoms with E-state index in [0.717, 1.165) is 42.4 Å². The highest BCUT2D eigenvalue weighted by atomic mass is 32.2. The number of hydrogen-bond donors (Lipinski definition) is 2. The van der Waals surface area contributed by atoms with E-state index in [0.29, 0.717) is 12.1 Å². The molecule has 3 N–H and O–H groups in total. The SMILES string of the molecule is Cc1cccc(C)c1-c1cc2nc(n1)NS(=O)(=O)c1cccc(c1)C(=O)N([C@H]1CC3(C[C@H](C(N)=O)C3)C1)[C@H](CC(C)C)CO2. The number of anilines is 1. The van der Waals surface area contributed by atoms with Crippen molar-refractivity contribution in [1.29, 1.82) is 0 Å². The number of fused-ring (bicyclic) bond motifs is 4. The summed E-state index contributed by atoms with van der Waals surface area (Å²) in [5.41, 5.74) is 9.23. The van der Waals surface area contributed by atoms with Gasteiger partial charge in [0.1, 0.15) is 6.61 Å². The summed E-state index contributed by atoms with van der Waals surface area (Å²) in [6.45, 7) is 8.34. The van der Waals surface area contributed by atoms with Crippen molar-refractivity contribution in [1.82, 2.24) is 14.9 Å². The first-order valence-electron chi connectivity index (χ1n) is 15.2. The molecule has 10 nitrogen and oxygen atoms in total. The van der Waals surface area contributed by atoms with Crippen molar-refractivity contribution in [2.24, 2.45) is 23.0 Å². The Hall–Kier alpha value is -3.99.